The van der Waals surface area contributed by atoms with Gasteiger partial charge in [0, 0.05) is 22.1 Å². The van der Waals surface area contributed by atoms with E-state index in [2.05, 4.69) is 37.3 Å². The van der Waals surface area contributed by atoms with Gasteiger partial charge in [-0.2, -0.15) is 0 Å². The molecule has 0 amide bonds. The van der Waals surface area contributed by atoms with Crippen molar-refractivity contribution in [2.24, 2.45) is 0 Å². The van der Waals surface area contributed by atoms with E-state index in [4.69, 9.17) is 5.73 Å². The highest BCUT2D eigenvalue weighted by Gasteiger charge is 2.07. The number of nitrogens with one attached hydrogen (secondary N) is 1. The summed E-state index contributed by atoms with van der Waals surface area (Å²) in [6.07, 6.45) is 0. The molecule has 0 aliphatic carbocycles. The first-order valence-electron chi connectivity index (χ1n) is 6.13. The Morgan fingerprint density at radius 3 is 2.58 bits per heavy atom. The second-order valence-corrected chi connectivity index (χ2v) is 5.63. The van der Waals surface area contributed by atoms with Crippen molar-refractivity contribution >= 4 is 33.3 Å². The molecular weight excluding hydrogens is 304 g/mol. The summed E-state index contributed by atoms with van der Waals surface area (Å²) in [4.78, 5) is 8.69. The number of benzene rings is 1. The number of aromatic nitrogens is 2. The van der Waals surface area contributed by atoms with Crippen LogP contribution in [0.15, 0.2) is 28.7 Å². The average Bonchev–Trinajstić information content (AvgIpc) is 2.33. The van der Waals surface area contributed by atoms with Gasteiger partial charge in [-0.3, -0.25) is 0 Å². The van der Waals surface area contributed by atoms with Crippen molar-refractivity contribution in [3.63, 3.8) is 0 Å². The van der Waals surface area contributed by atoms with Gasteiger partial charge in [0.05, 0.1) is 0 Å². The molecular formula is C14H17BrN4. The molecule has 1 aromatic carbocycles. The van der Waals surface area contributed by atoms with Crippen molar-refractivity contribution in [2.45, 2.75) is 26.7 Å². The molecule has 0 atom stereocenters. The summed E-state index contributed by atoms with van der Waals surface area (Å²) in [5, 5.41) is 3.26. The average molecular weight is 321 g/mol. The molecule has 2 aromatic rings. The third-order valence-corrected chi connectivity index (χ3v) is 3.60. The molecule has 0 spiro atoms. The van der Waals surface area contributed by atoms with Gasteiger partial charge in [0.1, 0.15) is 17.5 Å². The second kappa shape index (κ2) is 5.57. The molecule has 0 saturated heterocycles. The van der Waals surface area contributed by atoms with Crippen LogP contribution in [0.1, 0.15) is 31.2 Å². The zero-order valence-corrected chi connectivity index (χ0v) is 12.8. The van der Waals surface area contributed by atoms with Gasteiger partial charge in [0.2, 0.25) is 0 Å². The fourth-order valence-electron chi connectivity index (χ4n) is 1.68. The van der Waals surface area contributed by atoms with Crippen LogP contribution in [0.2, 0.25) is 0 Å². The van der Waals surface area contributed by atoms with Crippen molar-refractivity contribution in [3.8, 4) is 0 Å². The van der Waals surface area contributed by atoms with E-state index >= 15 is 0 Å². The van der Waals surface area contributed by atoms with E-state index in [1.165, 1.54) is 0 Å². The maximum absolute atomic E-state index is 5.81. The Morgan fingerprint density at radius 1 is 1.21 bits per heavy atom. The zero-order valence-electron chi connectivity index (χ0n) is 11.2. The maximum atomic E-state index is 5.81. The van der Waals surface area contributed by atoms with Crippen molar-refractivity contribution in [1.29, 1.82) is 0 Å². The van der Waals surface area contributed by atoms with Gasteiger partial charge in [-0.15, -0.1) is 0 Å². The van der Waals surface area contributed by atoms with Crippen LogP contribution in [0, 0.1) is 6.92 Å². The van der Waals surface area contributed by atoms with Crippen molar-refractivity contribution in [1.82, 2.24) is 9.97 Å². The number of hydrogen-bond donors (Lipinski definition) is 2. The second-order valence-electron chi connectivity index (χ2n) is 4.78. The highest BCUT2D eigenvalue weighted by atomic mass is 79.9. The molecule has 100 valence electrons. The van der Waals surface area contributed by atoms with Gasteiger partial charge in [-0.25, -0.2) is 9.97 Å². The van der Waals surface area contributed by atoms with Crippen molar-refractivity contribution in [2.75, 3.05) is 11.1 Å². The smallest absolute Gasteiger partial charge is 0.136 e. The summed E-state index contributed by atoms with van der Waals surface area (Å²) in [7, 11) is 0. The molecule has 0 aliphatic heterocycles. The van der Waals surface area contributed by atoms with E-state index in [0.717, 1.165) is 27.4 Å². The highest BCUT2D eigenvalue weighted by molar-refractivity contribution is 9.10. The van der Waals surface area contributed by atoms with Gasteiger partial charge >= 0.3 is 0 Å². The van der Waals surface area contributed by atoms with Gasteiger partial charge in [-0.1, -0.05) is 29.8 Å². The molecule has 2 rings (SSSR count). The van der Waals surface area contributed by atoms with Crippen LogP contribution >= 0.6 is 15.9 Å². The number of nitrogens with zero attached hydrogens (tertiary/aromatic N) is 2. The Hall–Kier alpha value is -1.62. The molecule has 0 aliphatic rings. The number of hydrogen-bond acceptors (Lipinski definition) is 4. The summed E-state index contributed by atoms with van der Waals surface area (Å²) >= 11 is 3.48. The van der Waals surface area contributed by atoms with E-state index in [1.54, 1.807) is 6.07 Å². The highest BCUT2D eigenvalue weighted by Crippen LogP contribution is 2.23. The van der Waals surface area contributed by atoms with E-state index in [1.807, 2.05) is 32.9 Å². The predicted molar refractivity (Wildman–Crippen MR) is 82.7 cm³/mol. The standard InChI is InChI=1S/C14H17BrN4/c1-8(2)14-18-12(16)7-13(19-14)17-10-4-5-11(15)9(3)6-10/h4-8H,1-3H3,(H3,16,17,18,19). The maximum Gasteiger partial charge on any atom is 0.136 e. The molecule has 1 heterocycles. The fraction of sp³-hybridized carbons (Fsp3) is 0.286. The Bertz CT molecular complexity index is 596. The number of nitrogen functional groups attached to an aromatic ring is 1. The minimum absolute atomic E-state index is 0.246. The van der Waals surface area contributed by atoms with Crippen LogP contribution in [0.5, 0.6) is 0 Å². The largest absolute Gasteiger partial charge is 0.384 e. The summed E-state index contributed by atoms with van der Waals surface area (Å²) in [6.45, 7) is 6.13. The lowest BCUT2D eigenvalue weighted by atomic mass is 10.2. The lowest BCUT2D eigenvalue weighted by molar-refractivity contribution is 0.779. The van der Waals surface area contributed by atoms with Gasteiger partial charge in [-0.05, 0) is 30.7 Å². The third-order valence-electron chi connectivity index (χ3n) is 2.71. The van der Waals surface area contributed by atoms with Crippen LogP contribution in [0.25, 0.3) is 0 Å². The Kier molecular flexibility index (Phi) is 4.04. The van der Waals surface area contributed by atoms with Gasteiger partial charge in [0.15, 0.2) is 0 Å². The van der Waals surface area contributed by atoms with Crippen molar-refractivity contribution in [3.05, 3.63) is 40.1 Å². The first kappa shape index (κ1) is 13.8. The first-order chi connectivity index (χ1) is 8.95. The minimum Gasteiger partial charge on any atom is -0.384 e. The van der Waals surface area contributed by atoms with Crippen molar-refractivity contribution < 1.29 is 0 Å². The van der Waals surface area contributed by atoms with E-state index in [9.17, 15) is 0 Å². The van der Waals surface area contributed by atoms with E-state index in [-0.39, 0.29) is 5.92 Å². The monoisotopic (exact) mass is 320 g/mol. The summed E-state index contributed by atoms with van der Waals surface area (Å²) in [5.41, 5.74) is 7.95. The Balaban J connectivity index is 2.29. The molecule has 0 unspecified atom stereocenters. The quantitative estimate of drug-likeness (QED) is 0.897. The Morgan fingerprint density at radius 2 is 1.95 bits per heavy atom. The molecule has 0 saturated carbocycles. The lowest BCUT2D eigenvalue weighted by Gasteiger charge is -2.11. The summed E-state index contributed by atoms with van der Waals surface area (Å²) in [5.74, 6) is 2.19. The normalized spacial score (nSPS) is 10.8. The van der Waals surface area contributed by atoms with Crippen LogP contribution in [-0.2, 0) is 0 Å². The topological polar surface area (TPSA) is 63.8 Å². The van der Waals surface area contributed by atoms with Gasteiger partial charge in [0.25, 0.3) is 0 Å². The van der Waals surface area contributed by atoms with E-state index < -0.39 is 0 Å². The number of anilines is 3. The molecule has 19 heavy (non-hydrogen) atoms. The predicted octanol–water partition coefficient (Wildman–Crippen LogP) is 4.00. The number of halogens is 1. The van der Waals surface area contributed by atoms with E-state index in [0.29, 0.717) is 5.82 Å². The molecule has 5 heteroatoms. The molecule has 0 fully saturated rings. The molecule has 0 bridgehead atoms. The number of aryl methyl sites for hydroxylation is 1. The molecule has 1 aromatic heterocycles. The fourth-order valence-corrected chi connectivity index (χ4v) is 1.92. The minimum atomic E-state index is 0.246. The number of nitrogens with two attached hydrogens (primary N) is 1. The molecule has 3 N–H and O–H groups in total. The summed E-state index contributed by atoms with van der Waals surface area (Å²) in [6, 6.07) is 7.79. The lowest BCUT2D eigenvalue weighted by Crippen LogP contribution is -2.04. The molecule has 4 nitrogen and oxygen atoms in total. The third kappa shape index (κ3) is 3.44. The van der Waals surface area contributed by atoms with Crippen LogP contribution < -0.4 is 11.1 Å². The summed E-state index contributed by atoms with van der Waals surface area (Å²) < 4.78 is 1.09. The molecule has 0 radical (unpaired) electrons. The van der Waals surface area contributed by atoms with Gasteiger partial charge < -0.3 is 11.1 Å². The first-order valence-corrected chi connectivity index (χ1v) is 6.92. The van der Waals surface area contributed by atoms with Crippen LogP contribution in [-0.4, -0.2) is 9.97 Å². The zero-order chi connectivity index (χ0) is 14.0. The number of rotatable bonds is 3. The van der Waals surface area contributed by atoms with Crippen LogP contribution in [0.4, 0.5) is 17.3 Å². The van der Waals surface area contributed by atoms with Crippen LogP contribution in [0.3, 0.4) is 0 Å². The SMILES string of the molecule is Cc1cc(Nc2cc(N)nc(C(C)C)n2)ccc1Br. The Labute approximate surface area is 121 Å².